The first-order valence-corrected chi connectivity index (χ1v) is 8.94. The number of hydrogen-bond donors (Lipinski definition) is 1. The highest BCUT2D eigenvalue weighted by atomic mass is 127. The second-order valence-electron chi connectivity index (χ2n) is 5.84. The van der Waals surface area contributed by atoms with Gasteiger partial charge in [0.25, 0.3) is 0 Å². The molecule has 0 bridgehead atoms. The van der Waals surface area contributed by atoms with Crippen LogP contribution in [0.15, 0.2) is 48.5 Å². The average molecular weight is 391 g/mol. The van der Waals surface area contributed by atoms with Crippen LogP contribution in [0, 0.1) is 3.57 Å². The van der Waals surface area contributed by atoms with Gasteiger partial charge in [-0.15, -0.1) is 0 Å². The van der Waals surface area contributed by atoms with Crippen LogP contribution in [0.1, 0.15) is 54.8 Å². The highest BCUT2D eigenvalue weighted by Crippen LogP contribution is 2.36. The topological polar surface area (TPSA) is 12.0 Å². The number of rotatable bonds is 5. The Morgan fingerprint density at radius 1 is 1.00 bits per heavy atom. The van der Waals surface area contributed by atoms with Crippen LogP contribution in [0.4, 0.5) is 0 Å². The van der Waals surface area contributed by atoms with E-state index in [1.54, 1.807) is 0 Å². The maximum absolute atomic E-state index is 3.61. The Hall–Kier alpha value is -0.870. The van der Waals surface area contributed by atoms with Gasteiger partial charge in [0, 0.05) is 3.57 Å². The van der Waals surface area contributed by atoms with Crippen LogP contribution in [0.25, 0.3) is 0 Å². The molecule has 1 aliphatic rings. The van der Waals surface area contributed by atoms with Crippen LogP contribution >= 0.6 is 22.6 Å². The van der Waals surface area contributed by atoms with Gasteiger partial charge < -0.3 is 5.32 Å². The zero-order chi connectivity index (χ0) is 14.7. The Balaban J connectivity index is 1.84. The molecule has 0 spiro atoms. The molecule has 21 heavy (non-hydrogen) atoms. The number of hydrogen-bond acceptors (Lipinski definition) is 1. The molecular weight excluding hydrogens is 369 g/mol. The van der Waals surface area contributed by atoms with E-state index in [4.69, 9.17) is 0 Å². The standard InChI is InChI=1S/C19H22IN/c1-2-21-19(17-10-12-18(20)13-11-17)16-8-6-15(7-9-16)14-4-3-5-14/h6-14,19,21H,2-5H2,1H3. The van der Waals surface area contributed by atoms with Crippen molar-refractivity contribution in [1.29, 1.82) is 0 Å². The molecule has 0 amide bonds. The summed E-state index contributed by atoms with van der Waals surface area (Å²) in [6.45, 7) is 3.14. The molecule has 1 nitrogen and oxygen atoms in total. The van der Waals surface area contributed by atoms with Crippen LogP contribution in [-0.4, -0.2) is 6.54 Å². The van der Waals surface area contributed by atoms with E-state index in [2.05, 4.69) is 83.4 Å². The predicted molar refractivity (Wildman–Crippen MR) is 97.7 cm³/mol. The van der Waals surface area contributed by atoms with Crippen molar-refractivity contribution in [2.75, 3.05) is 6.54 Å². The van der Waals surface area contributed by atoms with Gasteiger partial charge in [0.05, 0.1) is 6.04 Å². The summed E-state index contributed by atoms with van der Waals surface area (Å²) in [4.78, 5) is 0. The van der Waals surface area contributed by atoms with Crippen molar-refractivity contribution in [3.05, 3.63) is 68.8 Å². The minimum absolute atomic E-state index is 0.294. The molecule has 0 aromatic heterocycles. The van der Waals surface area contributed by atoms with Crippen LogP contribution in [0.5, 0.6) is 0 Å². The monoisotopic (exact) mass is 391 g/mol. The van der Waals surface area contributed by atoms with Crippen LogP contribution in [-0.2, 0) is 0 Å². The lowest BCUT2D eigenvalue weighted by Gasteiger charge is -2.26. The third-order valence-electron chi connectivity index (χ3n) is 4.46. The Morgan fingerprint density at radius 3 is 2.05 bits per heavy atom. The fraction of sp³-hybridized carbons (Fsp3) is 0.368. The second-order valence-corrected chi connectivity index (χ2v) is 7.08. The summed E-state index contributed by atoms with van der Waals surface area (Å²) >= 11 is 2.36. The molecule has 110 valence electrons. The van der Waals surface area contributed by atoms with Gasteiger partial charge in [0.2, 0.25) is 0 Å². The zero-order valence-corrected chi connectivity index (χ0v) is 14.6. The molecule has 1 fully saturated rings. The first kappa shape index (κ1) is 15.0. The van der Waals surface area contributed by atoms with Crippen molar-refractivity contribution < 1.29 is 0 Å². The largest absolute Gasteiger partial charge is 0.307 e. The van der Waals surface area contributed by atoms with Gasteiger partial charge in [0.15, 0.2) is 0 Å². The van der Waals surface area contributed by atoms with E-state index in [0.717, 1.165) is 12.5 Å². The molecule has 1 unspecified atom stereocenters. The van der Waals surface area contributed by atoms with Crippen LogP contribution in [0.2, 0.25) is 0 Å². The maximum Gasteiger partial charge on any atom is 0.0576 e. The van der Waals surface area contributed by atoms with E-state index in [9.17, 15) is 0 Å². The van der Waals surface area contributed by atoms with E-state index in [-0.39, 0.29) is 0 Å². The number of benzene rings is 2. The van der Waals surface area contributed by atoms with E-state index in [1.807, 2.05) is 0 Å². The highest BCUT2D eigenvalue weighted by molar-refractivity contribution is 14.1. The van der Waals surface area contributed by atoms with Gasteiger partial charge in [-0.05, 0) is 76.7 Å². The molecule has 0 saturated heterocycles. The number of halogens is 1. The van der Waals surface area contributed by atoms with E-state index >= 15 is 0 Å². The molecule has 0 heterocycles. The van der Waals surface area contributed by atoms with E-state index < -0.39 is 0 Å². The molecule has 3 rings (SSSR count). The Kier molecular flexibility index (Phi) is 4.96. The Morgan fingerprint density at radius 2 is 1.57 bits per heavy atom. The van der Waals surface area contributed by atoms with Crippen LogP contribution < -0.4 is 5.32 Å². The summed E-state index contributed by atoms with van der Waals surface area (Å²) in [5, 5.41) is 3.61. The summed E-state index contributed by atoms with van der Waals surface area (Å²) in [5.74, 6) is 0.815. The van der Waals surface area contributed by atoms with Crippen LogP contribution in [0.3, 0.4) is 0 Å². The smallest absolute Gasteiger partial charge is 0.0576 e. The quantitative estimate of drug-likeness (QED) is 0.686. The van der Waals surface area contributed by atoms with E-state index in [1.165, 1.54) is 39.5 Å². The van der Waals surface area contributed by atoms with Gasteiger partial charge in [-0.2, -0.15) is 0 Å². The molecule has 1 saturated carbocycles. The predicted octanol–water partition coefficient (Wildman–Crippen LogP) is 5.26. The molecule has 0 radical (unpaired) electrons. The van der Waals surface area contributed by atoms with Crippen molar-refractivity contribution in [2.24, 2.45) is 0 Å². The molecule has 2 aromatic carbocycles. The van der Waals surface area contributed by atoms with Gasteiger partial charge in [-0.25, -0.2) is 0 Å². The second kappa shape index (κ2) is 6.93. The molecule has 2 aromatic rings. The van der Waals surface area contributed by atoms with Gasteiger partial charge in [-0.3, -0.25) is 0 Å². The summed E-state index contributed by atoms with van der Waals surface area (Å²) in [5.41, 5.74) is 4.22. The minimum atomic E-state index is 0.294. The fourth-order valence-electron chi connectivity index (χ4n) is 2.99. The summed E-state index contributed by atoms with van der Waals surface area (Å²) < 4.78 is 1.28. The third kappa shape index (κ3) is 3.49. The minimum Gasteiger partial charge on any atom is -0.307 e. The molecule has 1 aliphatic carbocycles. The van der Waals surface area contributed by atoms with Gasteiger partial charge in [0.1, 0.15) is 0 Å². The Bertz CT molecular complexity index is 570. The van der Waals surface area contributed by atoms with Crippen molar-refractivity contribution in [1.82, 2.24) is 5.32 Å². The Labute approximate surface area is 141 Å². The number of nitrogens with one attached hydrogen (secondary N) is 1. The van der Waals surface area contributed by atoms with Crippen molar-refractivity contribution in [2.45, 2.75) is 38.1 Å². The van der Waals surface area contributed by atoms with Gasteiger partial charge in [-0.1, -0.05) is 49.7 Å². The third-order valence-corrected chi connectivity index (χ3v) is 5.18. The zero-order valence-electron chi connectivity index (χ0n) is 12.5. The first-order chi connectivity index (χ1) is 10.3. The fourth-order valence-corrected chi connectivity index (χ4v) is 3.35. The summed E-state index contributed by atoms with van der Waals surface area (Å²) in [6, 6.07) is 18.4. The van der Waals surface area contributed by atoms with Gasteiger partial charge >= 0.3 is 0 Å². The van der Waals surface area contributed by atoms with Crippen molar-refractivity contribution >= 4 is 22.6 Å². The molecule has 1 N–H and O–H groups in total. The molecular formula is C19H22IN. The molecule has 2 heteroatoms. The lowest BCUT2D eigenvalue weighted by molar-refractivity contribution is 0.419. The SMILES string of the molecule is CCNC(c1ccc(I)cc1)c1ccc(C2CCC2)cc1. The lowest BCUT2D eigenvalue weighted by atomic mass is 9.79. The van der Waals surface area contributed by atoms with Crippen molar-refractivity contribution in [3.8, 4) is 0 Å². The molecule has 1 atom stereocenters. The van der Waals surface area contributed by atoms with Crippen molar-refractivity contribution in [3.63, 3.8) is 0 Å². The summed E-state index contributed by atoms with van der Waals surface area (Å²) in [7, 11) is 0. The summed E-state index contributed by atoms with van der Waals surface area (Å²) in [6.07, 6.45) is 4.13. The molecule has 0 aliphatic heterocycles. The highest BCUT2D eigenvalue weighted by Gasteiger charge is 2.20. The first-order valence-electron chi connectivity index (χ1n) is 7.86. The normalized spacial score (nSPS) is 16.5. The average Bonchev–Trinajstić information content (AvgIpc) is 2.45. The maximum atomic E-state index is 3.61. The van der Waals surface area contributed by atoms with E-state index in [0.29, 0.717) is 6.04 Å². The lowest BCUT2D eigenvalue weighted by Crippen LogP contribution is -2.22.